The summed E-state index contributed by atoms with van der Waals surface area (Å²) in [6.07, 6.45) is 3.66. The molecule has 2 rings (SSSR count). The number of pyridine rings is 1. The molecule has 0 saturated heterocycles. The third-order valence-corrected chi connectivity index (χ3v) is 4.25. The first kappa shape index (κ1) is 13.4. The predicted octanol–water partition coefficient (Wildman–Crippen LogP) is 3.67. The highest BCUT2D eigenvalue weighted by Crippen LogP contribution is 2.30. The van der Waals surface area contributed by atoms with Crippen LogP contribution in [0.5, 0.6) is 0 Å². The Balaban J connectivity index is 1.97. The predicted molar refractivity (Wildman–Crippen MR) is 78.8 cm³/mol. The van der Waals surface area contributed by atoms with Crippen molar-refractivity contribution in [2.75, 3.05) is 6.54 Å². The fraction of sp³-hybridized carbons (Fsp3) is 0.214. The standard InChI is InChI=1S/C14H15ClN2S/c15-13-5-3-11(4-6-13)10-18-14(8-16)12-2-1-7-17-9-12/h1-7,9,14H,8,10,16H2. The van der Waals surface area contributed by atoms with Crippen LogP contribution in [0.1, 0.15) is 16.4 Å². The molecule has 0 radical (unpaired) electrons. The topological polar surface area (TPSA) is 38.9 Å². The summed E-state index contributed by atoms with van der Waals surface area (Å²) in [5, 5.41) is 1.06. The Morgan fingerprint density at radius 2 is 2.00 bits per heavy atom. The lowest BCUT2D eigenvalue weighted by molar-refractivity contribution is 0.931. The molecule has 2 aromatic rings. The molecule has 0 amide bonds. The fourth-order valence-corrected chi connectivity index (χ4v) is 2.82. The molecule has 0 saturated carbocycles. The SMILES string of the molecule is NCC(SCc1ccc(Cl)cc1)c1cccnc1. The van der Waals surface area contributed by atoms with Gasteiger partial charge in [0.15, 0.2) is 0 Å². The van der Waals surface area contributed by atoms with Gasteiger partial charge in [-0.1, -0.05) is 29.8 Å². The van der Waals surface area contributed by atoms with E-state index < -0.39 is 0 Å². The van der Waals surface area contributed by atoms with Crippen LogP contribution in [0, 0.1) is 0 Å². The lowest BCUT2D eigenvalue weighted by Gasteiger charge is -2.14. The molecule has 0 bridgehead atoms. The smallest absolute Gasteiger partial charge is 0.0438 e. The van der Waals surface area contributed by atoms with Gasteiger partial charge in [0.25, 0.3) is 0 Å². The maximum atomic E-state index is 5.86. The Morgan fingerprint density at radius 1 is 1.22 bits per heavy atom. The maximum Gasteiger partial charge on any atom is 0.0438 e. The minimum absolute atomic E-state index is 0.286. The second-order valence-electron chi connectivity index (χ2n) is 3.95. The van der Waals surface area contributed by atoms with Crippen LogP contribution in [0.2, 0.25) is 5.02 Å². The van der Waals surface area contributed by atoms with Crippen LogP contribution in [-0.2, 0) is 5.75 Å². The minimum Gasteiger partial charge on any atom is -0.329 e. The largest absolute Gasteiger partial charge is 0.329 e. The number of aromatic nitrogens is 1. The highest BCUT2D eigenvalue weighted by atomic mass is 35.5. The van der Waals surface area contributed by atoms with E-state index in [0.29, 0.717) is 6.54 Å². The highest BCUT2D eigenvalue weighted by Gasteiger charge is 2.10. The number of benzene rings is 1. The molecule has 0 aliphatic carbocycles. The van der Waals surface area contributed by atoms with Crippen LogP contribution in [0.4, 0.5) is 0 Å². The van der Waals surface area contributed by atoms with Crippen LogP contribution in [0.3, 0.4) is 0 Å². The molecule has 0 aliphatic rings. The van der Waals surface area contributed by atoms with Gasteiger partial charge in [-0.15, -0.1) is 11.8 Å². The Kier molecular flexibility index (Phi) is 5.05. The summed E-state index contributed by atoms with van der Waals surface area (Å²) in [4.78, 5) is 4.13. The first-order valence-corrected chi connectivity index (χ1v) is 7.18. The summed E-state index contributed by atoms with van der Waals surface area (Å²) in [5.41, 5.74) is 8.26. The van der Waals surface area contributed by atoms with E-state index in [-0.39, 0.29) is 5.25 Å². The van der Waals surface area contributed by atoms with Gasteiger partial charge >= 0.3 is 0 Å². The Morgan fingerprint density at radius 3 is 2.61 bits per heavy atom. The number of thioether (sulfide) groups is 1. The second-order valence-corrected chi connectivity index (χ2v) is 5.58. The van der Waals surface area contributed by atoms with E-state index in [0.717, 1.165) is 10.8 Å². The van der Waals surface area contributed by atoms with E-state index in [4.69, 9.17) is 17.3 Å². The van der Waals surface area contributed by atoms with Crippen molar-refractivity contribution in [1.82, 2.24) is 4.98 Å². The zero-order chi connectivity index (χ0) is 12.8. The number of rotatable bonds is 5. The van der Waals surface area contributed by atoms with Crippen molar-refractivity contribution >= 4 is 23.4 Å². The van der Waals surface area contributed by atoms with E-state index in [9.17, 15) is 0 Å². The van der Waals surface area contributed by atoms with Crippen molar-refractivity contribution in [2.45, 2.75) is 11.0 Å². The average molecular weight is 279 g/mol. The van der Waals surface area contributed by atoms with Crippen LogP contribution in [-0.4, -0.2) is 11.5 Å². The molecule has 18 heavy (non-hydrogen) atoms. The molecule has 0 fully saturated rings. The zero-order valence-electron chi connectivity index (χ0n) is 9.92. The fourth-order valence-electron chi connectivity index (χ4n) is 1.64. The Bertz CT molecular complexity index is 473. The summed E-state index contributed by atoms with van der Waals surface area (Å²) in [7, 11) is 0. The van der Waals surface area contributed by atoms with Crippen molar-refractivity contribution in [3.8, 4) is 0 Å². The van der Waals surface area contributed by atoms with Crippen molar-refractivity contribution in [3.05, 3.63) is 64.9 Å². The van der Waals surface area contributed by atoms with Crippen molar-refractivity contribution in [1.29, 1.82) is 0 Å². The summed E-state index contributed by atoms with van der Waals surface area (Å²) < 4.78 is 0. The van der Waals surface area contributed by atoms with Gasteiger partial charge in [0.1, 0.15) is 0 Å². The van der Waals surface area contributed by atoms with E-state index in [2.05, 4.69) is 11.1 Å². The highest BCUT2D eigenvalue weighted by molar-refractivity contribution is 7.98. The van der Waals surface area contributed by atoms with Crippen molar-refractivity contribution in [2.24, 2.45) is 5.73 Å². The van der Waals surface area contributed by atoms with Crippen molar-refractivity contribution < 1.29 is 0 Å². The van der Waals surface area contributed by atoms with E-state index >= 15 is 0 Å². The first-order valence-electron chi connectivity index (χ1n) is 5.75. The van der Waals surface area contributed by atoms with E-state index in [1.165, 1.54) is 11.1 Å². The number of hydrogen-bond donors (Lipinski definition) is 1. The molecule has 1 atom stereocenters. The third-order valence-electron chi connectivity index (χ3n) is 2.63. The molecule has 2 N–H and O–H groups in total. The van der Waals surface area contributed by atoms with Crippen LogP contribution in [0.15, 0.2) is 48.8 Å². The molecule has 1 unspecified atom stereocenters. The molecule has 1 heterocycles. The van der Waals surface area contributed by atoms with Gasteiger partial charge in [-0.3, -0.25) is 4.98 Å². The molecule has 4 heteroatoms. The average Bonchev–Trinajstić information content (AvgIpc) is 2.43. The molecule has 0 aliphatic heterocycles. The van der Waals surface area contributed by atoms with Gasteiger partial charge in [0, 0.05) is 35.0 Å². The first-order chi connectivity index (χ1) is 8.79. The molecule has 2 nitrogen and oxygen atoms in total. The zero-order valence-corrected chi connectivity index (χ0v) is 11.5. The third kappa shape index (κ3) is 3.73. The van der Waals surface area contributed by atoms with Crippen molar-refractivity contribution in [3.63, 3.8) is 0 Å². The Hall–Kier alpha value is -1.03. The van der Waals surface area contributed by atoms with Gasteiger partial charge in [-0.05, 0) is 29.3 Å². The quantitative estimate of drug-likeness (QED) is 0.907. The second kappa shape index (κ2) is 6.78. The lowest BCUT2D eigenvalue weighted by Crippen LogP contribution is -2.09. The minimum atomic E-state index is 0.286. The van der Waals surface area contributed by atoms with Gasteiger partial charge in [-0.25, -0.2) is 0 Å². The van der Waals surface area contributed by atoms with Gasteiger partial charge in [0.05, 0.1) is 0 Å². The summed E-state index contributed by atoms with van der Waals surface area (Å²) >= 11 is 7.69. The number of halogens is 1. The molecular weight excluding hydrogens is 264 g/mol. The van der Waals surface area contributed by atoms with Crippen LogP contribution < -0.4 is 5.73 Å². The van der Waals surface area contributed by atoms with Gasteiger partial charge in [0.2, 0.25) is 0 Å². The van der Waals surface area contributed by atoms with Gasteiger partial charge < -0.3 is 5.73 Å². The van der Waals surface area contributed by atoms with E-state index in [1.807, 2.05) is 48.3 Å². The van der Waals surface area contributed by atoms with Crippen LogP contribution >= 0.6 is 23.4 Å². The monoisotopic (exact) mass is 278 g/mol. The molecule has 94 valence electrons. The molecule has 0 spiro atoms. The summed E-state index contributed by atoms with van der Waals surface area (Å²) in [5.74, 6) is 0.925. The molecular formula is C14H15ClN2S. The van der Waals surface area contributed by atoms with E-state index in [1.54, 1.807) is 6.20 Å². The lowest BCUT2D eigenvalue weighted by atomic mass is 10.2. The number of nitrogens with zero attached hydrogens (tertiary/aromatic N) is 1. The van der Waals surface area contributed by atoms with Crippen LogP contribution in [0.25, 0.3) is 0 Å². The number of nitrogens with two attached hydrogens (primary N) is 1. The number of hydrogen-bond acceptors (Lipinski definition) is 3. The normalized spacial score (nSPS) is 12.3. The summed E-state index contributed by atoms with van der Waals surface area (Å²) in [6, 6.07) is 11.9. The summed E-state index contributed by atoms with van der Waals surface area (Å²) in [6.45, 7) is 0.615. The molecule has 1 aromatic heterocycles. The molecule has 1 aromatic carbocycles. The van der Waals surface area contributed by atoms with Gasteiger partial charge in [-0.2, -0.15) is 0 Å². The maximum absolute atomic E-state index is 5.86. The Labute approximate surface area is 117 Å².